The summed E-state index contributed by atoms with van der Waals surface area (Å²) >= 11 is 12.6. The second-order valence-electron chi connectivity index (χ2n) is 9.41. The summed E-state index contributed by atoms with van der Waals surface area (Å²) in [6.45, 7) is 1.88. The quantitative estimate of drug-likeness (QED) is 0.253. The summed E-state index contributed by atoms with van der Waals surface area (Å²) in [5.41, 5.74) is -1.25. The van der Waals surface area contributed by atoms with Crippen molar-refractivity contribution >= 4 is 58.2 Å². The van der Waals surface area contributed by atoms with Crippen LogP contribution < -0.4 is 4.90 Å². The minimum absolute atomic E-state index is 0.0153. The third-order valence-electron chi connectivity index (χ3n) is 7.44. The number of benzene rings is 3. The number of ketones is 2. The molecule has 2 heterocycles. The third-order valence-corrected chi connectivity index (χ3v) is 8.25. The van der Waals surface area contributed by atoms with Gasteiger partial charge in [0.2, 0.25) is 29.0 Å². The fourth-order valence-electron chi connectivity index (χ4n) is 5.74. The molecule has 0 N–H and O–H groups in total. The van der Waals surface area contributed by atoms with Crippen molar-refractivity contribution in [3.05, 3.63) is 99.0 Å². The van der Waals surface area contributed by atoms with E-state index in [1.54, 1.807) is 31.2 Å². The van der Waals surface area contributed by atoms with Gasteiger partial charge < -0.3 is 9.47 Å². The molecule has 3 atom stereocenters. The average Bonchev–Trinajstić information content (AvgIpc) is 3.50. The molecule has 0 saturated carbocycles. The van der Waals surface area contributed by atoms with Crippen LogP contribution in [0.25, 0.3) is 0 Å². The Bertz CT molecular complexity index is 1560. The molecule has 10 heteroatoms. The average molecular weight is 564 g/mol. The molecule has 2 saturated heterocycles. The maximum Gasteiger partial charge on any atom is 0.338 e. The van der Waals surface area contributed by atoms with Gasteiger partial charge in [-0.15, -0.1) is 0 Å². The molecule has 3 aliphatic rings. The number of anilines is 1. The Hall–Kier alpha value is -3.85. The summed E-state index contributed by atoms with van der Waals surface area (Å²) in [6.07, 6.45) is -1.15. The van der Waals surface area contributed by atoms with Crippen molar-refractivity contribution < 1.29 is 33.4 Å². The van der Waals surface area contributed by atoms with Crippen molar-refractivity contribution in [2.45, 2.75) is 18.6 Å². The molecule has 0 bridgehead atoms. The molecule has 2 fully saturated rings. The van der Waals surface area contributed by atoms with E-state index in [9.17, 15) is 24.0 Å². The molecule has 6 rings (SSSR count). The number of esters is 1. The number of Topliss-reactive ketones (excluding diaryl/α,β-unsaturated/α-hetero) is 2. The Kier molecular flexibility index (Phi) is 5.95. The summed E-state index contributed by atoms with van der Waals surface area (Å²) in [6, 6.07) is 16.8. The lowest BCUT2D eigenvalue weighted by Gasteiger charge is -2.27. The zero-order valence-electron chi connectivity index (χ0n) is 20.4. The molecule has 0 unspecified atom stereocenters. The van der Waals surface area contributed by atoms with E-state index in [2.05, 4.69) is 0 Å². The molecule has 3 aromatic rings. The lowest BCUT2D eigenvalue weighted by molar-refractivity contribution is -0.127. The fourth-order valence-corrected chi connectivity index (χ4v) is 6.12. The van der Waals surface area contributed by atoms with E-state index in [1.165, 1.54) is 42.5 Å². The predicted molar refractivity (Wildman–Crippen MR) is 140 cm³/mol. The predicted octanol–water partition coefficient (Wildman–Crippen LogP) is 4.87. The fraction of sp³-hybridized carbons (Fsp3) is 0.207. The minimum atomic E-state index is -2.23. The molecular formula is C29H19Cl2NO7. The number of fused-ring (bicyclic) bond motifs is 3. The minimum Gasteiger partial charge on any atom is -0.462 e. The number of carbonyl (C=O) groups is 5. The van der Waals surface area contributed by atoms with Crippen molar-refractivity contribution in [2.75, 3.05) is 11.5 Å². The number of halogens is 2. The van der Waals surface area contributed by atoms with E-state index in [0.717, 1.165) is 4.90 Å². The van der Waals surface area contributed by atoms with Crippen molar-refractivity contribution in [1.82, 2.24) is 0 Å². The number of rotatable bonds is 4. The molecule has 2 amide bonds. The summed E-state index contributed by atoms with van der Waals surface area (Å²) in [7, 11) is 0. The largest absolute Gasteiger partial charge is 0.462 e. The van der Waals surface area contributed by atoms with Crippen molar-refractivity contribution in [3.63, 3.8) is 0 Å². The lowest BCUT2D eigenvalue weighted by atomic mass is 9.77. The standard InChI is InChI=1S/C29H19Cl2NO7/c1-2-38-28(37)15-12-10-14(11-13-15)23-20-21(27(36)32(26(20)35)19-9-5-8-18(30)22(19)31)29(39-23)24(33)16-6-3-4-7-17(16)25(29)34/h3-13,20-21,23H,2H2,1H3/t20-,21+,23-/m1/s1. The smallest absolute Gasteiger partial charge is 0.338 e. The number of carbonyl (C=O) groups excluding carboxylic acids is 5. The van der Waals surface area contributed by atoms with Crippen LogP contribution in [0.4, 0.5) is 5.69 Å². The van der Waals surface area contributed by atoms with E-state index < -0.39 is 52.9 Å². The van der Waals surface area contributed by atoms with Gasteiger partial charge in [0.15, 0.2) is 0 Å². The number of amides is 2. The monoisotopic (exact) mass is 563 g/mol. The molecule has 2 aliphatic heterocycles. The first-order chi connectivity index (χ1) is 18.7. The van der Waals surface area contributed by atoms with E-state index in [0.29, 0.717) is 5.56 Å². The number of hydrogen-bond acceptors (Lipinski definition) is 7. The van der Waals surface area contributed by atoms with Crippen LogP contribution in [0.15, 0.2) is 66.7 Å². The zero-order valence-corrected chi connectivity index (χ0v) is 21.9. The molecule has 0 aromatic heterocycles. The second kappa shape index (κ2) is 9.12. The highest BCUT2D eigenvalue weighted by atomic mass is 35.5. The van der Waals surface area contributed by atoms with Gasteiger partial charge in [-0.1, -0.05) is 65.7 Å². The van der Waals surface area contributed by atoms with Crippen LogP contribution in [0.3, 0.4) is 0 Å². The van der Waals surface area contributed by atoms with Crippen LogP contribution in [0.1, 0.15) is 49.7 Å². The van der Waals surface area contributed by atoms with Crippen LogP contribution in [-0.2, 0) is 19.1 Å². The third kappa shape index (κ3) is 3.45. The second-order valence-corrected chi connectivity index (χ2v) is 10.2. The number of imide groups is 1. The van der Waals surface area contributed by atoms with Crippen molar-refractivity contribution in [3.8, 4) is 0 Å². The van der Waals surface area contributed by atoms with Gasteiger partial charge in [0.25, 0.3) is 0 Å². The van der Waals surface area contributed by atoms with Gasteiger partial charge in [-0.3, -0.25) is 19.2 Å². The molecule has 1 spiro atoms. The Morgan fingerprint density at radius 3 is 2.15 bits per heavy atom. The molecule has 39 heavy (non-hydrogen) atoms. The van der Waals surface area contributed by atoms with E-state index in [1.807, 2.05) is 0 Å². The first-order valence-electron chi connectivity index (χ1n) is 12.2. The first kappa shape index (κ1) is 25.4. The van der Waals surface area contributed by atoms with Gasteiger partial charge in [0.05, 0.1) is 45.8 Å². The number of hydrogen-bond donors (Lipinski definition) is 0. The van der Waals surface area contributed by atoms with Gasteiger partial charge >= 0.3 is 5.97 Å². The normalized spacial score (nSPS) is 22.9. The van der Waals surface area contributed by atoms with Crippen molar-refractivity contribution in [2.24, 2.45) is 11.8 Å². The van der Waals surface area contributed by atoms with E-state index in [-0.39, 0.29) is 39.0 Å². The zero-order chi connectivity index (χ0) is 27.6. The topological polar surface area (TPSA) is 107 Å². The highest BCUT2D eigenvalue weighted by Crippen LogP contribution is 2.58. The molecule has 1 aliphatic carbocycles. The van der Waals surface area contributed by atoms with Gasteiger partial charge in [-0.2, -0.15) is 0 Å². The number of nitrogens with zero attached hydrogens (tertiary/aromatic N) is 1. The lowest BCUT2D eigenvalue weighted by Crippen LogP contribution is -2.51. The highest BCUT2D eigenvalue weighted by Gasteiger charge is 2.74. The summed E-state index contributed by atoms with van der Waals surface area (Å²) < 4.78 is 11.3. The Labute approximate surface area is 232 Å². The molecule has 3 aromatic carbocycles. The Morgan fingerprint density at radius 2 is 1.54 bits per heavy atom. The summed E-state index contributed by atoms with van der Waals surface area (Å²) in [5, 5.41) is 0.114. The van der Waals surface area contributed by atoms with Crippen LogP contribution in [-0.4, -0.2) is 41.6 Å². The Balaban J connectivity index is 1.50. The van der Waals surface area contributed by atoms with Gasteiger partial charge in [-0.05, 0) is 36.8 Å². The molecular weight excluding hydrogens is 545 g/mol. The van der Waals surface area contributed by atoms with Crippen molar-refractivity contribution in [1.29, 1.82) is 0 Å². The summed E-state index contributed by atoms with van der Waals surface area (Å²) in [5.74, 6) is -6.01. The molecule has 8 nitrogen and oxygen atoms in total. The van der Waals surface area contributed by atoms with Gasteiger partial charge in [0, 0.05) is 11.1 Å². The Morgan fingerprint density at radius 1 is 0.897 bits per heavy atom. The highest BCUT2D eigenvalue weighted by molar-refractivity contribution is 6.45. The van der Waals surface area contributed by atoms with Crippen LogP contribution in [0, 0.1) is 11.8 Å². The van der Waals surface area contributed by atoms with Crippen LogP contribution in [0.2, 0.25) is 10.0 Å². The first-order valence-corrected chi connectivity index (χ1v) is 12.9. The van der Waals surface area contributed by atoms with Gasteiger partial charge in [0.1, 0.15) is 0 Å². The maximum atomic E-state index is 14.0. The molecule has 0 radical (unpaired) electrons. The number of ether oxygens (including phenoxy) is 2. The SMILES string of the molecule is CCOC(=O)c1ccc([C@H]2OC3(C(=O)c4ccccc4C3=O)[C@@H]3C(=O)N(c4cccc(Cl)c4Cl)C(=O)[C@@H]23)cc1. The maximum absolute atomic E-state index is 14.0. The summed E-state index contributed by atoms with van der Waals surface area (Å²) in [4.78, 5) is 68.7. The van der Waals surface area contributed by atoms with E-state index in [4.69, 9.17) is 32.7 Å². The van der Waals surface area contributed by atoms with Gasteiger partial charge in [-0.25, -0.2) is 9.69 Å². The molecule has 196 valence electrons. The van der Waals surface area contributed by atoms with Crippen LogP contribution in [0.5, 0.6) is 0 Å². The van der Waals surface area contributed by atoms with E-state index >= 15 is 0 Å². The van der Waals surface area contributed by atoms with Crippen LogP contribution >= 0.6 is 23.2 Å².